The van der Waals surface area contributed by atoms with Gasteiger partial charge in [-0.15, -0.1) is 11.8 Å². The van der Waals surface area contributed by atoms with Crippen LogP contribution in [0, 0.1) is 0 Å². The van der Waals surface area contributed by atoms with Crippen molar-refractivity contribution in [3.8, 4) is 0 Å². The normalized spacial score (nSPS) is 25.8. The Balaban J connectivity index is 3.13. The van der Waals surface area contributed by atoms with Gasteiger partial charge in [0.25, 0.3) is 0 Å². The van der Waals surface area contributed by atoms with Gasteiger partial charge in [-0.25, -0.2) is 0 Å². The molecule has 0 saturated carbocycles. The molecule has 0 radical (unpaired) electrons. The van der Waals surface area contributed by atoms with Gasteiger partial charge in [0.15, 0.2) is 18.3 Å². The van der Waals surface area contributed by atoms with Crippen LogP contribution in [0.1, 0.15) is 60.3 Å². The van der Waals surface area contributed by atoms with E-state index in [0.717, 1.165) is 31.4 Å². The summed E-state index contributed by atoms with van der Waals surface area (Å²) in [6.45, 7) is 6.80. The molecule has 0 aromatic heterocycles. The zero-order chi connectivity index (χ0) is 22.7. The molecule has 172 valence electrons. The zero-order valence-corrected chi connectivity index (χ0v) is 19.0. The van der Waals surface area contributed by atoms with Crippen molar-refractivity contribution >= 4 is 35.6 Å². The molecule has 1 aliphatic heterocycles. The lowest BCUT2D eigenvalue weighted by Gasteiger charge is -2.44. The topological polar surface area (TPSA) is 114 Å². The SMILES string of the molecule is CCCCCCS[C@@H]1O[C@H](COC(C)=O)[C@H](OC(C)=O)[C@H](OC(C)=O)[C@H]1OC(C)=O. The first-order chi connectivity index (χ1) is 14.1. The first-order valence-corrected chi connectivity index (χ1v) is 11.1. The highest BCUT2D eigenvalue weighted by molar-refractivity contribution is 7.99. The Labute approximate surface area is 181 Å². The molecule has 10 heteroatoms. The average molecular weight is 449 g/mol. The highest BCUT2D eigenvalue weighted by Crippen LogP contribution is 2.34. The molecule has 1 fully saturated rings. The van der Waals surface area contributed by atoms with Gasteiger partial charge in [0.2, 0.25) is 0 Å². The van der Waals surface area contributed by atoms with E-state index in [-0.39, 0.29) is 6.61 Å². The molecule has 9 nitrogen and oxygen atoms in total. The molecular formula is C20H32O9S. The Bertz CT molecular complexity index is 595. The Morgan fingerprint density at radius 3 is 1.87 bits per heavy atom. The van der Waals surface area contributed by atoms with Crippen molar-refractivity contribution in [1.29, 1.82) is 0 Å². The van der Waals surface area contributed by atoms with E-state index in [1.165, 1.54) is 39.5 Å². The summed E-state index contributed by atoms with van der Waals surface area (Å²) in [5, 5.41) is 0. The molecule has 1 rings (SSSR count). The molecule has 0 unspecified atom stereocenters. The van der Waals surface area contributed by atoms with Crippen LogP contribution < -0.4 is 0 Å². The second-order valence-electron chi connectivity index (χ2n) is 7.00. The standard InChI is InChI=1S/C20H32O9S/c1-6-7-8-9-10-30-20-19(28-15(5)24)18(27-14(4)23)17(26-13(3)22)16(29-20)11-25-12(2)21/h16-20H,6-11H2,1-5H3/t16-,17+,18+,19-,20+/m1/s1. The number of rotatable bonds is 11. The van der Waals surface area contributed by atoms with Gasteiger partial charge in [0, 0.05) is 27.7 Å². The molecule has 0 bridgehead atoms. The predicted octanol–water partition coefficient (Wildman–Crippen LogP) is 2.38. The van der Waals surface area contributed by atoms with E-state index in [9.17, 15) is 19.2 Å². The van der Waals surface area contributed by atoms with Crippen LogP contribution in [0.3, 0.4) is 0 Å². The fourth-order valence-electron chi connectivity index (χ4n) is 3.05. The minimum atomic E-state index is -1.10. The van der Waals surface area contributed by atoms with E-state index in [1.807, 2.05) is 0 Å². The van der Waals surface area contributed by atoms with Crippen LogP contribution in [0.2, 0.25) is 0 Å². The molecule has 1 heterocycles. The van der Waals surface area contributed by atoms with Crippen LogP contribution in [-0.2, 0) is 42.9 Å². The van der Waals surface area contributed by atoms with Gasteiger partial charge in [-0.1, -0.05) is 26.2 Å². The lowest BCUT2D eigenvalue weighted by atomic mass is 9.99. The Morgan fingerprint density at radius 1 is 0.767 bits per heavy atom. The van der Waals surface area contributed by atoms with Gasteiger partial charge < -0.3 is 23.7 Å². The lowest BCUT2D eigenvalue weighted by Crippen LogP contribution is -2.61. The highest BCUT2D eigenvalue weighted by Gasteiger charge is 2.52. The fourth-order valence-corrected chi connectivity index (χ4v) is 4.28. The Morgan fingerprint density at radius 2 is 1.33 bits per heavy atom. The quantitative estimate of drug-likeness (QED) is 0.265. The number of unbranched alkanes of at least 4 members (excludes halogenated alkanes) is 3. The summed E-state index contributed by atoms with van der Waals surface area (Å²) in [6.07, 6.45) is 0.121. The van der Waals surface area contributed by atoms with E-state index in [1.54, 1.807) is 0 Å². The van der Waals surface area contributed by atoms with Crippen molar-refractivity contribution in [3.63, 3.8) is 0 Å². The van der Waals surface area contributed by atoms with Crippen LogP contribution in [0.15, 0.2) is 0 Å². The number of hydrogen-bond acceptors (Lipinski definition) is 10. The molecule has 0 aromatic carbocycles. The molecule has 30 heavy (non-hydrogen) atoms. The van der Waals surface area contributed by atoms with E-state index in [0.29, 0.717) is 0 Å². The second kappa shape index (κ2) is 13.5. The maximum absolute atomic E-state index is 11.8. The second-order valence-corrected chi connectivity index (χ2v) is 8.21. The van der Waals surface area contributed by atoms with Gasteiger partial charge in [0.05, 0.1) is 0 Å². The number of thioether (sulfide) groups is 1. The number of ether oxygens (including phenoxy) is 5. The molecule has 0 aliphatic carbocycles. The van der Waals surface area contributed by atoms with Crippen molar-refractivity contribution < 1.29 is 42.9 Å². The summed E-state index contributed by atoms with van der Waals surface area (Å²) in [6, 6.07) is 0. The molecule has 0 aromatic rings. The number of carbonyl (C=O) groups excluding carboxylic acids is 4. The first kappa shape index (κ1) is 26.2. The van der Waals surface area contributed by atoms with Crippen molar-refractivity contribution in [2.45, 2.75) is 90.2 Å². The van der Waals surface area contributed by atoms with E-state index in [2.05, 4.69) is 6.92 Å². The third-order valence-corrected chi connectivity index (χ3v) is 5.46. The summed E-state index contributed by atoms with van der Waals surface area (Å²) in [4.78, 5) is 46.4. The molecule has 5 atom stereocenters. The van der Waals surface area contributed by atoms with E-state index < -0.39 is 53.7 Å². The summed E-state index contributed by atoms with van der Waals surface area (Å²) in [7, 11) is 0. The molecular weight excluding hydrogens is 416 g/mol. The Hall–Kier alpha value is -1.81. The smallest absolute Gasteiger partial charge is 0.303 e. The number of esters is 4. The van der Waals surface area contributed by atoms with Crippen LogP contribution in [0.5, 0.6) is 0 Å². The van der Waals surface area contributed by atoms with Gasteiger partial charge in [-0.2, -0.15) is 0 Å². The van der Waals surface area contributed by atoms with Crippen molar-refractivity contribution in [2.24, 2.45) is 0 Å². The molecule has 0 amide bonds. The lowest BCUT2D eigenvalue weighted by molar-refractivity contribution is -0.237. The van der Waals surface area contributed by atoms with Crippen LogP contribution in [0.25, 0.3) is 0 Å². The molecule has 0 N–H and O–H groups in total. The van der Waals surface area contributed by atoms with Gasteiger partial charge in [0.1, 0.15) is 18.1 Å². The minimum Gasteiger partial charge on any atom is -0.463 e. The number of hydrogen-bond donors (Lipinski definition) is 0. The van der Waals surface area contributed by atoms with Crippen LogP contribution >= 0.6 is 11.8 Å². The molecule has 0 spiro atoms. The zero-order valence-electron chi connectivity index (χ0n) is 18.2. The summed E-state index contributed by atoms with van der Waals surface area (Å²) in [5.74, 6) is -1.66. The number of carbonyl (C=O) groups is 4. The summed E-state index contributed by atoms with van der Waals surface area (Å²) in [5.41, 5.74) is -0.688. The van der Waals surface area contributed by atoms with Gasteiger partial charge in [-0.3, -0.25) is 19.2 Å². The maximum atomic E-state index is 11.8. The molecule has 1 saturated heterocycles. The monoisotopic (exact) mass is 448 g/mol. The average Bonchev–Trinajstić information content (AvgIpc) is 2.63. The highest BCUT2D eigenvalue weighted by atomic mass is 32.2. The van der Waals surface area contributed by atoms with E-state index in [4.69, 9.17) is 23.7 Å². The first-order valence-electron chi connectivity index (χ1n) is 10.1. The largest absolute Gasteiger partial charge is 0.463 e. The van der Waals surface area contributed by atoms with Crippen LogP contribution in [0.4, 0.5) is 0 Å². The van der Waals surface area contributed by atoms with Crippen LogP contribution in [-0.4, -0.2) is 66.1 Å². The molecule has 1 aliphatic rings. The van der Waals surface area contributed by atoms with Gasteiger partial charge >= 0.3 is 23.9 Å². The third kappa shape index (κ3) is 9.34. The van der Waals surface area contributed by atoms with Crippen molar-refractivity contribution in [3.05, 3.63) is 0 Å². The summed E-state index contributed by atoms with van der Waals surface area (Å²) >= 11 is 1.42. The van der Waals surface area contributed by atoms with Crippen molar-refractivity contribution in [2.75, 3.05) is 12.4 Å². The maximum Gasteiger partial charge on any atom is 0.303 e. The summed E-state index contributed by atoms with van der Waals surface area (Å²) < 4.78 is 27.2. The van der Waals surface area contributed by atoms with Gasteiger partial charge in [-0.05, 0) is 12.2 Å². The third-order valence-electron chi connectivity index (χ3n) is 4.23. The van der Waals surface area contributed by atoms with E-state index >= 15 is 0 Å². The predicted molar refractivity (Wildman–Crippen MR) is 109 cm³/mol. The fraction of sp³-hybridized carbons (Fsp3) is 0.800. The minimum absolute atomic E-state index is 0.204. The van der Waals surface area contributed by atoms with Crippen molar-refractivity contribution in [1.82, 2.24) is 0 Å². The Kier molecular flexibility index (Phi) is 11.8.